The number of nitrogens with one attached hydrogen (secondary N) is 1. The molecular formula is C23H27Cl2FN4O3. The molecule has 1 saturated heterocycles. The van der Waals surface area contributed by atoms with Crippen molar-refractivity contribution in [2.24, 2.45) is 0 Å². The van der Waals surface area contributed by atoms with Crippen LogP contribution in [0.2, 0.25) is 5.02 Å². The van der Waals surface area contributed by atoms with E-state index in [4.69, 9.17) is 25.8 Å². The van der Waals surface area contributed by atoms with Gasteiger partial charge in [-0.25, -0.2) is 14.4 Å². The van der Waals surface area contributed by atoms with Crippen LogP contribution in [0.15, 0.2) is 42.7 Å². The van der Waals surface area contributed by atoms with Crippen LogP contribution in [0.5, 0.6) is 11.6 Å². The first kappa shape index (κ1) is 25.2. The molecule has 33 heavy (non-hydrogen) atoms. The van der Waals surface area contributed by atoms with Crippen molar-refractivity contribution in [3.63, 3.8) is 0 Å². The van der Waals surface area contributed by atoms with Crippen molar-refractivity contribution in [1.82, 2.24) is 14.9 Å². The largest absolute Gasteiger partial charge is 0.491 e. The Hall–Kier alpha value is -2.39. The Morgan fingerprint density at radius 1 is 1.00 bits per heavy atom. The van der Waals surface area contributed by atoms with Gasteiger partial charge in [-0.05, 0) is 56.3 Å². The molecular weight excluding hydrogens is 470 g/mol. The van der Waals surface area contributed by atoms with Crippen LogP contribution in [0.3, 0.4) is 0 Å². The number of halogens is 3. The van der Waals surface area contributed by atoms with Gasteiger partial charge in [0.15, 0.2) is 6.73 Å². The molecule has 0 aliphatic carbocycles. The van der Waals surface area contributed by atoms with E-state index in [0.29, 0.717) is 41.1 Å². The highest BCUT2D eigenvalue weighted by molar-refractivity contribution is 6.30. The Kier molecular flexibility index (Phi) is 9.75. The molecule has 2 aromatic carbocycles. The second-order valence-corrected chi connectivity index (χ2v) is 7.89. The predicted molar refractivity (Wildman–Crippen MR) is 129 cm³/mol. The van der Waals surface area contributed by atoms with Crippen molar-refractivity contribution < 1.29 is 18.6 Å². The van der Waals surface area contributed by atoms with Crippen molar-refractivity contribution in [3.8, 4) is 11.6 Å². The molecule has 0 atom stereocenters. The van der Waals surface area contributed by atoms with E-state index >= 15 is 0 Å². The summed E-state index contributed by atoms with van der Waals surface area (Å²) in [4.78, 5) is 10.9. The molecule has 1 fully saturated rings. The summed E-state index contributed by atoms with van der Waals surface area (Å²) in [7, 11) is 0. The maximum absolute atomic E-state index is 13.9. The standard InChI is InChI=1S/C23H26ClFN4O3.ClH/c24-17-3-6-21(20(25)13-17)28-16-32-23-19-5-4-18(14-22(19)26-15-27-23)31-12-11-30-10-9-29-7-1-2-8-29;/h3-6,13-15,28H,1-2,7-12,16H2;1H. The van der Waals surface area contributed by atoms with Gasteiger partial charge in [-0.15, -0.1) is 12.4 Å². The van der Waals surface area contributed by atoms with Gasteiger partial charge in [0.1, 0.15) is 24.5 Å². The molecule has 0 unspecified atom stereocenters. The monoisotopic (exact) mass is 496 g/mol. The number of hydrogen-bond donors (Lipinski definition) is 1. The summed E-state index contributed by atoms with van der Waals surface area (Å²) < 4.78 is 31.0. The van der Waals surface area contributed by atoms with Gasteiger partial charge in [0.25, 0.3) is 0 Å². The lowest BCUT2D eigenvalue weighted by Gasteiger charge is -2.14. The fraction of sp³-hybridized carbons (Fsp3) is 0.391. The molecule has 0 radical (unpaired) electrons. The van der Waals surface area contributed by atoms with Gasteiger partial charge in [0, 0.05) is 17.6 Å². The molecule has 0 spiro atoms. The highest BCUT2D eigenvalue weighted by atomic mass is 35.5. The molecule has 1 aromatic heterocycles. The lowest BCUT2D eigenvalue weighted by atomic mass is 10.2. The summed E-state index contributed by atoms with van der Waals surface area (Å²) in [5.41, 5.74) is 0.992. The molecule has 3 aromatic rings. The first-order chi connectivity index (χ1) is 15.7. The Balaban J connectivity index is 0.00000306. The lowest BCUT2D eigenvalue weighted by Crippen LogP contribution is -2.24. The van der Waals surface area contributed by atoms with E-state index in [-0.39, 0.29) is 19.1 Å². The quantitative estimate of drug-likeness (QED) is 0.302. The van der Waals surface area contributed by atoms with Crippen LogP contribution in [0.1, 0.15) is 12.8 Å². The summed E-state index contributed by atoms with van der Waals surface area (Å²) in [5.74, 6) is 0.649. The van der Waals surface area contributed by atoms with Crippen LogP contribution < -0.4 is 14.8 Å². The zero-order valence-electron chi connectivity index (χ0n) is 18.1. The van der Waals surface area contributed by atoms with Crippen molar-refractivity contribution in [2.45, 2.75) is 12.8 Å². The van der Waals surface area contributed by atoms with Gasteiger partial charge in [-0.3, -0.25) is 0 Å². The zero-order valence-corrected chi connectivity index (χ0v) is 19.7. The number of hydrogen-bond acceptors (Lipinski definition) is 7. The van der Waals surface area contributed by atoms with E-state index in [9.17, 15) is 4.39 Å². The van der Waals surface area contributed by atoms with Crippen molar-refractivity contribution in [2.75, 3.05) is 51.5 Å². The molecule has 1 aliphatic heterocycles. The molecule has 10 heteroatoms. The summed E-state index contributed by atoms with van der Waals surface area (Å²) in [6.45, 7) is 5.11. The number of anilines is 1. The first-order valence-corrected chi connectivity index (χ1v) is 11.1. The molecule has 1 aliphatic rings. The Morgan fingerprint density at radius 2 is 1.85 bits per heavy atom. The number of benzene rings is 2. The number of nitrogens with zero attached hydrogens (tertiary/aromatic N) is 3. The summed E-state index contributed by atoms with van der Waals surface area (Å²) in [6, 6.07) is 9.92. The lowest BCUT2D eigenvalue weighted by molar-refractivity contribution is 0.0846. The van der Waals surface area contributed by atoms with E-state index in [1.165, 1.54) is 38.3 Å². The topological polar surface area (TPSA) is 68.7 Å². The van der Waals surface area contributed by atoms with Gasteiger partial charge in [0.2, 0.25) is 5.88 Å². The maximum Gasteiger partial charge on any atom is 0.226 e. The third-order valence-corrected chi connectivity index (χ3v) is 5.46. The third-order valence-electron chi connectivity index (χ3n) is 5.22. The van der Waals surface area contributed by atoms with Gasteiger partial charge < -0.3 is 24.4 Å². The number of likely N-dealkylation sites (tertiary alicyclic amines) is 1. The predicted octanol–water partition coefficient (Wildman–Crippen LogP) is 4.78. The molecule has 1 N–H and O–H groups in total. The number of ether oxygens (including phenoxy) is 3. The van der Waals surface area contributed by atoms with Crippen LogP contribution in [0.4, 0.5) is 10.1 Å². The minimum Gasteiger partial charge on any atom is -0.491 e. The van der Waals surface area contributed by atoms with E-state index in [1.807, 2.05) is 18.2 Å². The highest BCUT2D eigenvalue weighted by Crippen LogP contribution is 2.25. The second kappa shape index (κ2) is 12.7. The summed E-state index contributed by atoms with van der Waals surface area (Å²) in [5, 5.41) is 3.94. The van der Waals surface area contributed by atoms with Crippen molar-refractivity contribution in [1.29, 1.82) is 0 Å². The average Bonchev–Trinajstić information content (AvgIpc) is 3.31. The van der Waals surface area contributed by atoms with Gasteiger partial charge >= 0.3 is 0 Å². The normalized spacial score (nSPS) is 13.6. The van der Waals surface area contributed by atoms with Crippen LogP contribution in [-0.2, 0) is 4.74 Å². The zero-order chi connectivity index (χ0) is 22.2. The van der Waals surface area contributed by atoms with Crippen molar-refractivity contribution in [3.05, 3.63) is 53.6 Å². The molecule has 7 nitrogen and oxygen atoms in total. The first-order valence-electron chi connectivity index (χ1n) is 10.7. The summed E-state index contributed by atoms with van der Waals surface area (Å²) >= 11 is 5.77. The molecule has 2 heterocycles. The van der Waals surface area contributed by atoms with Crippen LogP contribution in [0.25, 0.3) is 10.9 Å². The second-order valence-electron chi connectivity index (χ2n) is 7.46. The fourth-order valence-corrected chi connectivity index (χ4v) is 3.71. The van der Waals surface area contributed by atoms with Crippen molar-refractivity contribution >= 4 is 40.6 Å². The van der Waals surface area contributed by atoms with E-state index in [2.05, 4.69) is 20.2 Å². The van der Waals surface area contributed by atoms with Crippen LogP contribution in [0, 0.1) is 5.82 Å². The van der Waals surface area contributed by atoms with E-state index in [1.54, 1.807) is 12.1 Å². The van der Waals surface area contributed by atoms with Gasteiger partial charge in [-0.2, -0.15) is 0 Å². The number of aromatic nitrogens is 2. The van der Waals surface area contributed by atoms with Gasteiger partial charge in [0.05, 0.1) is 29.8 Å². The Bertz CT molecular complexity index is 1040. The smallest absolute Gasteiger partial charge is 0.226 e. The third kappa shape index (κ3) is 7.30. The minimum atomic E-state index is -0.449. The Morgan fingerprint density at radius 3 is 2.67 bits per heavy atom. The number of fused-ring (bicyclic) bond motifs is 1. The van der Waals surface area contributed by atoms with E-state index < -0.39 is 5.82 Å². The molecule has 178 valence electrons. The summed E-state index contributed by atoms with van der Waals surface area (Å²) in [6.07, 6.45) is 4.00. The SMILES string of the molecule is Cl.Fc1cc(Cl)ccc1NCOc1ncnc2cc(OCCOCCN3CCCC3)ccc12. The molecule has 4 rings (SSSR count). The van der Waals surface area contributed by atoms with Crippen LogP contribution in [-0.4, -0.2) is 61.1 Å². The molecule has 0 bridgehead atoms. The average molecular weight is 497 g/mol. The van der Waals surface area contributed by atoms with Gasteiger partial charge in [-0.1, -0.05) is 11.6 Å². The molecule has 0 saturated carbocycles. The fourth-order valence-electron chi connectivity index (χ4n) is 3.55. The highest BCUT2D eigenvalue weighted by Gasteiger charge is 2.11. The molecule has 0 amide bonds. The Labute approximate surface area is 203 Å². The number of rotatable bonds is 11. The maximum atomic E-state index is 13.9. The minimum absolute atomic E-state index is 0. The van der Waals surface area contributed by atoms with Crippen LogP contribution >= 0.6 is 24.0 Å². The van der Waals surface area contributed by atoms with E-state index in [0.717, 1.165) is 18.5 Å².